The fraction of sp³-hybridized carbons (Fsp3) is 0.333. The summed E-state index contributed by atoms with van der Waals surface area (Å²) in [5.74, 6) is -0.163. The van der Waals surface area contributed by atoms with Gasteiger partial charge in [0.25, 0.3) is 0 Å². The quantitative estimate of drug-likeness (QED) is 0.694. The third-order valence-electron chi connectivity index (χ3n) is 2.94. The highest BCUT2D eigenvalue weighted by Crippen LogP contribution is 2.20. The average Bonchev–Trinajstić information content (AvgIpc) is 2.97. The van der Waals surface area contributed by atoms with Crippen molar-refractivity contribution in [2.45, 2.75) is 20.3 Å². The Hall–Kier alpha value is -2.00. The second-order valence-corrected chi connectivity index (χ2v) is 7.02. The molecule has 0 fully saturated rings. The number of esters is 1. The van der Waals surface area contributed by atoms with Crippen LogP contribution in [0, 0.1) is 5.92 Å². The number of urea groups is 1. The van der Waals surface area contributed by atoms with Gasteiger partial charge < -0.3 is 10.1 Å². The summed E-state index contributed by atoms with van der Waals surface area (Å²) in [5, 5.41) is 9.20. The van der Waals surface area contributed by atoms with E-state index in [0.717, 1.165) is 22.4 Å². The zero-order valence-electron chi connectivity index (χ0n) is 13.2. The van der Waals surface area contributed by atoms with Crippen LogP contribution in [0.25, 0.3) is 0 Å². The molecule has 2 amide bonds. The first-order valence-electron chi connectivity index (χ1n) is 7.28. The maximum Gasteiger partial charge on any atom is 0.362 e. The van der Waals surface area contributed by atoms with Gasteiger partial charge >= 0.3 is 12.0 Å². The molecule has 0 radical (unpaired) electrons. The predicted octanol–water partition coefficient (Wildman–Crippen LogP) is 4.15. The number of carbonyl (C=O) groups excluding carboxylic acids is 2. The van der Waals surface area contributed by atoms with Crippen LogP contribution in [-0.4, -0.2) is 28.2 Å². The number of carbonyl (C=O) groups is 2. The lowest BCUT2D eigenvalue weighted by atomic mass is 10.1. The molecule has 0 saturated heterocycles. The highest BCUT2D eigenvalue weighted by molar-refractivity contribution is 9.10. The van der Waals surface area contributed by atoms with Crippen LogP contribution in [0.2, 0.25) is 0 Å². The first kappa shape index (κ1) is 18.3. The van der Waals surface area contributed by atoms with Crippen molar-refractivity contribution in [2.24, 2.45) is 5.92 Å². The van der Waals surface area contributed by atoms with Crippen molar-refractivity contribution in [1.29, 1.82) is 0 Å². The van der Waals surface area contributed by atoms with E-state index < -0.39 is 12.0 Å². The van der Waals surface area contributed by atoms with Gasteiger partial charge in [0.15, 0.2) is 5.00 Å². The number of halogens is 1. The number of ether oxygens (including phenoxy) is 1. The maximum absolute atomic E-state index is 12.0. The number of nitrogens with zero attached hydrogens (tertiary/aromatic N) is 2. The van der Waals surface area contributed by atoms with Gasteiger partial charge in [-0.15, -0.1) is 5.10 Å². The first-order chi connectivity index (χ1) is 11.5. The minimum atomic E-state index is -0.594. The number of benzene rings is 1. The molecular weight excluding hydrogens is 396 g/mol. The van der Waals surface area contributed by atoms with E-state index in [9.17, 15) is 9.59 Å². The molecule has 2 N–H and O–H groups in total. The van der Waals surface area contributed by atoms with Crippen LogP contribution < -0.4 is 10.6 Å². The van der Waals surface area contributed by atoms with Crippen LogP contribution in [0.15, 0.2) is 28.7 Å². The number of hydrogen-bond acceptors (Lipinski definition) is 6. The van der Waals surface area contributed by atoms with E-state index in [1.165, 1.54) is 0 Å². The molecule has 0 bridgehead atoms. The number of amides is 2. The Kier molecular flexibility index (Phi) is 6.68. The van der Waals surface area contributed by atoms with E-state index in [4.69, 9.17) is 4.74 Å². The van der Waals surface area contributed by atoms with Gasteiger partial charge in [0, 0.05) is 21.7 Å². The largest absolute Gasteiger partial charge is 0.461 e. The molecule has 0 aliphatic carbocycles. The maximum atomic E-state index is 12.0. The summed E-state index contributed by atoms with van der Waals surface area (Å²) in [6.45, 7) is 4.38. The zero-order chi connectivity index (χ0) is 17.5. The monoisotopic (exact) mass is 412 g/mol. The molecule has 0 aliphatic heterocycles. The van der Waals surface area contributed by atoms with Crippen molar-refractivity contribution < 1.29 is 14.3 Å². The number of aromatic nitrogens is 2. The van der Waals surface area contributed by atoms with Gasteiger partial charge in [-0.1, -0.05) is 34.3 Å². The second-order valence-electron chi connectivity index (χ2n) is 5.36. The second kappa shape index (κ2) is 8.74. The molecule has 1 heterocycles. The van der Waals surface area contributed by atoms with Crippen LogP contribution in [0.5, 0.6) is 0 Å². The lowest BCUT2D eigenvalue weighted by molar-refractivity contribution is 0.0482. The molecule has 9 heteroatoms. The van der Waals surface area contributed by atoms with E-state index in [0.29, 0.717) is 18.2 Å². The van der Waals surface area contributed by atoms with Crippen molar-refractivity contribution in [2.75, 3.05) is 17.2 Å². The minimum Gasteiger partial charge on any atom is -0.461 e. The third-order valence-corrected chi connectivity index (χ3v) is 4.11. The Morgan fingerprint density at radius 1 is 1.25 bits per heavy atom. The normalized spacial score (nSPS) is 10.5. The van der Waals surface area contributed by atoms with E-state index in [2.05, 4.69) is 36.2 Å². The summed E-state index contributed by atoms with van der Waals surface area (Å²) < 4.78 is 9.75. The molecule has 128 valence electrons. The van der Waals surface area contributed by atoms with Crippen molar-refractivity contribution in [3.63, 3.8) is 0 Å². The van der Waals surface area contributed by atoms with Crippen LogP contribution in [0.1, 0.15) is 30.8 Å². The summed E-state index contributed by atoms with van der Waals surface area (Å²) in [4.78, 5) is 24.0. The molecule has 0 aliphatic rings. The Morgan fingerprint density at radius 3 is 2.62 bits per heavy atom. The van der Waals surface area contributed by atoms with E-state index in [1.807, 2.05) is 13.8 Å². The molecule has 0 unspecified atom stereocenters. The smallest absolute Gasteiger partial charge is 0.362 e. The molecule has 0 saturated carbocycles. The molecule has 0 spiro atoms. The highest BCUT2D eigenvalue weighted by Gasteiger charge is 2.20. The van der Waals surface area contributed by atoms with Crippen LogP contribution in [0.3, 0.4) is 0 Å². The Bertz CT molecular complexity index is 703. The van der Waals surface area contributed by atoms with E-state index >= 15 is 0 Å². The number of hydrogen-bond donors (Lipinski definition) is 2. The summed E-state index contributed by atoms with van der Waals surface area (Å²) in [6.07, 6.45) is 0.760. The molecule has 2 aromatic rings. The van der Waals surface area contributed by atoms with Crippen LogP contribution >= 0.6 is 27.5 Å². The molecule has 1 aromatic heterocycles. The molecule has 7 nitrogen and oxygen atoms in total. The predicted molar refractivity (Wildman–Crippen MR) is 96.4 cm³/mol. The molecule has 1 aromatic carbocycles. The zero-order valence-corrected chi connectivity index (χ0v) is 15.6. The average molecular weight is 413 g/mol. The van der Waals surface area contributed by atoms with Crippen molar-refractivity contribution in [1.82, 2.24) is 9.59 Å². The van der Waals surface area contributed by atoms with Gasteiger partial charge in [-0.3, -0.25) is 5.32 Å². The van der Waals surface area contributed by atoms with Gasteiger partial charge in [-0.05, 0) is 36.6 Å². The van der Waals surface area contributed by atoms with E-state index in [1.54, 1.807) is 24.3 Å². The first-order valence-corrected chi connectivity index (χ1v) is 8.85. The van der Waals surface area contributed by atoms with Crippen LogP contribution in [0.4, 0.5) is 15.5 Å². The van der Waals surface area contributed by atoms with Crippen LogP contribution in [-0.2, 0) is 4.74 Å². The molecule has 2 rings (SSSR count). The van der Waals surface area contributed by atoms with Gasteiger partial charge in [0.2, 0.25) is 5.69 Å². The number of nitrogens with one attached hydrogen (secondary N) is 2. The summed E-state index contributed by atoms with van der Waals surface area (Å²) in [7, 11) is 0. The van der Waals surface area contributed by atoms with E-state index in [-0.39, 0.29) is 10.7 Å². The SMILES string of the molecule is CC(C)CCOC(=O)c1nnsc1NC(=O)Nc1ccc(Br)cc1. The number of anilines is 2. The Morgan fingerprint density at radius 2 is 1.96 bits per heavy atom. The lowest BCUT2D eigenvalue weighted by Crippen LogP contribution is -2.20. The highest BCUT2D eigenvalue weighted by atomic mass is 79.9. The van der Waals surface area contributed by atoms with Crippen molar-refractivity contribution in [3.05, 3.63) is 34.4 Å². The summed E-state index contributed by atoms with van der Waals surface area (Å²) >= 11 is 4.24. The van der Waals surface area contributed by atoms with Gasteiger partial charge in [-0.25, -0.2) is 9.59 Å². The fourth-order valence-electron chi connectivity index (χ4n) is 1.66. The van der Waals surface area contributed by atoms with Gasteiger partial charge in [0.05, 0.1) is 6.61 Å². The summed E-state index contributed by atoms with van der Waals surface area (Å²) in [6, 6.07) is 6.62. The van der Waals surface area contributed by atoms with Gasteiger partial charge in [-0.2, -0.15) is 0 Å². The topological polar surface area (TPSA) is 93.2 Å². The Balaban J connectivity index is 1.93. The van der Waals surface area contributed by atoms with Gasteiger partial charge in [0.1, 0.15) is 0 Å². The van der Waals surface area contributed by atoms with Crippen molar-refractivity contribution >= 4 is 50.2 Å². The molecule has 24 heavy (non-hydrogen) atoms. The third kappa shape index (κ3) is 5.57. The minimum absolute atomic E-state index is 0.00899. The number of rotatable bonds is 6. The molecule has 0 atom stereocenters. The summed E-state index contributed by atoms with van der Waals surface area (Å²) in [5.41, 5.74) is 0.629. The lowest BCUT2D eigenvalue weighted by Gasteiger charge is -2.08. The fourth-order valence-corrected chi connectivity index (χ4v) is 2.48. The standard InChI is InChI=1S/C15H17BrN4O3S/c1-9(2)7-8-23-14(21)12-13(24-20-19-12)18-15(22)17-11-5-3-10(16)4-6-11/h3-6,9H,7-8H2,1-2H3,(H2,17,18,22). The molecular formula is C15H17BrN4O3S. The Labute approximate surface area is 152 Å². The van der Waals surface area contributed by atoms with Crippen molar-refractivity contribution in [3.8, 4) is 0 Å².